The number of rotatable bonds is 16. The van der Waals surface area contributed by atoms with Crippen molar-refractivity contribution in [3.05, 3.63) is 25.3 Å². The Morgan fingerprint density at radius 3 is 1.92 bits per heavy atom. The van der Waals surface area contributed by atoms with Crippen molar-refractivity contribution in [1.82, 2.24) is 0 Å². The maximum atomic E-state index is 12.5. The molecule has 0 atom stereocenters. The minimum atomic E-state index is -4.23. The van der Waals surface area contributed by atoms with Crippen LogP contribution in [-0.4, -0.2) is 68.8 Å². The molecule has 0 aliphatic rings. The van der Waals surface area contributed by atoms with Gasteiger partial charge in [0, 0.05) is 18.6 Å². The summed E-state index contributed by atoms with van der Waals surface area (Å²) in [5.74, 6) is -0.391. The summed E-state index contributed by atoms with van der Waals surface area (Å²) in [6.45, 7) is 14.1. The Kier molecular flexibility index (Phi) is 11.8. The van der Waals surface area contributed by atoms with Gasteiger partial charge in [0.15, 0.2) is 0 Å². The molecular formula is C16H32NO6PS. The van der Waals surface area contributed by atoms with E-state index < -0.39 is 23.5 Å². The molecule has 0 amide bonds. The zero-order valence-corrected chi connectivity index (χ0v) is 17.1. The Hall–Kier alpha value is -0.500. The lowest BCUT2D eigenvalue weighted by atomic mass is 10.2. The van der Waals surface area contributed by atoms with Crippen LogP contribution in [0.2, 0.25) is 0 Å². The van der Waals surface area contributed by atoms with Gasteiger partial charge < -0.3 is 18.1 Å². The van der Waals surface area contributed by atoms with E-state index in [1.165, 1.54) is 0 Å². The summed E-state index contributed by atoms with van der Waals surface area (Å²) >= 11 is 0. The first-order valence-corrected chi connectivity index (χ1v) is 11.8. The first kappa shape index (κ1) is 24.5. The third-order valence-corrected chi connectivity index (χ3v) is 6.73. The SMILES string of the molecule is C=CC[N+](CC=C)(CCCP(=O)(OCC)OCC)CCCS(=O)(=O)[O-]. The smallest absolute Gasteiger partial charge is 0.330 e. The van der Waals surface area contributed by atoms with E-state index in [9.17, 15) is 17.5 Å². The Labute approximate surface area is 152 Å². The Balaban J connectivity index is 4.94. The van der Waals surface area contributed by atoms with Crippen molar-refractivity contribution >= 4 is 17.7 Å². The highest BCUT2D eigenvalue weighted by Crippen LogP contribution is 2.48. The molecule has 0 heterocycles. The third kappa shape index (κ3) is 10.9. The van der Waals surface area contributed by atoms with Crippen molar-refractivity contribution < 1.29 is 31.1 Å². The van der Waals surface area contributed by atoms with E-state index in [-0.39, 0.29) is 6.42 Å². The maximum Gasteiger partial charge on any atom is 0.330 e. The average molecular weight is 397 g/mol. The minimum Gasteiger partial charge on any atom is -0.748 e. The van der Waals surface area contributed by atoms with Gasteiger partial charge in [-0.2, -0.15) is 0 Å². The molecule has 25 heavy (non-hydrogen) atoms. The van der Waals surface area contributed by atoms with Gasteiger partial charge in [-0.05, 0) is 26.0 Å². The third-order valence-electron chi connectivity index (χ3n) is 3.78. The van der Waals surface area contributed by atoms with Crippen molar-refractivity contribution in [3.8, 4) is 0 Å². The second-order valence-electron chi connectivity index (χ2n) is 5.87. The molecule has 7 nitrogen and oxygen atoms in total. The van der Waals surface area contributed by atoms with E-state index in [4.69, 9.17) is 9.05 Å². The second kappa shape index (κ2) is 12.0. The monoisotopic (exact) mass is 397 g/mol. The molecule has 0 spiro atoms. The van der Waals surface area contributed by atoms with E-state index >= 15 is 0 Å². The van der Waals surface area contributed by atoms with Crippen molar-refractivity contribution in [2.75, 3.05) is 51.3 Å². The lowest BCUT2D eigenvalue weighted by molar-refractivity contribution is -0.917. The molecule has 9 heteroatoms. The summed E-state index contributed by atoms with van der Waals surface area (Å²) < 4.78 is 56.2. The molecule has 0 aliphatic heterocycles. The van der Waals surface area contributed by atoms with Crippen LogP contribution in [0.4, 0.5) is 0 Å². The van der Waals surface area contributed by atoms with Gasteiger partial charge in [0.25, 0.3) is 0 Å². The van der Waals surface area contributed by atoms with Crippen LogP contribution in [-0.2, 0) is 23.7 Å². The van der Waals surface area contributed by atoms with E-state index in [1.54, 1.807) is 26.0 Å². The van der Waals surface area contributed by atoms with E-state index in [0.29, 0.717) is 56.5 Å². The molecule has 0 aromatic heterocycles. The maximum absolute atomic E-state index is 12.5. The minimum absolute atomic E-state index is 0.266. The highest BCUT2D eigenvalue weighted by atomic mass is 32.2. The van der Waals surface area contributed by atoms with Gasteiger partial charge in [0.2, 0.25) is 0 Å². The molecule has 0 aliphatic carbocycles. The number of quaternary nitrogens is 1. The molecule has 0 saturated heterocycles. The van der Waals surface area contributed by atoms with Gasteiger partial charge in [-0.1, -0.05) is 13.2 Å². The number of nitrogens with zero attached hydrogens (tertiary/aromatic N) is 1. The molecular weight excluding hydrogens is 365 g/mol. The molecule has 0 rings (SSSR count). The summed E-state index contributed by atoms with van der Waals surface area (Å²) in [7, 11) is -7.33. The van der Waals surface area contributed by atoms with E-state index in [0.717, 1.165) is 0 Å². The first-order chi connectivity index (χ1) is 11.7. The van der Waals surface area contributed by atoms with Crippen LogP contribution < -0.4 is 0 Å². The molecule has 0 radical (unpaired) electrons. The highest BCUT2D eigenvalue weighted by Gasteiger charge is 2.28. The van der Waals surface area contributed by atoms with Crippen LogP contribution in [0.3, 0.4) is 0 Å². The van der Waals surface area contributed by atoms with Crippen molar-refractivity contribution in [1.29, 1.82) is 0 Å². The fraction of sp³-hybridized carbons (Fsp3) is 0.750. The Bertz CT molecular complexity index is 529. The number of hydrogen-bond donors (Lipinski definition) is 0. The summed E-state index contributed by atoms with van der Waals surface area (Å²) in [5, 5.41) is 0. The van der Waals surface area contributed by atoms with E-state index in [2.05, 4.69) is 13.2 Å². The lowest BCUT2D eigenvalue weighted by Gasteiger charge is -2.37. The predicted octanol–water partition coefficient (Wildman–Crippen LogP) is 2.77. The van der Waals surface area contributed by atoms with Gasteiger partial charge in [0.1, 0.15) is 0 Å². The Morgan fingerprint density at radius 1 is 1.04 bits per heavy atom. The molecule has 148 valence electrons. The molecule has 0 fully saturated rings. The van der Waals surface area contributed by atoms with Crippen LogP contribution >= 0.6 is 7.60 Å². The predicted molar refractivity (Wildman–Crippen MR) is 99.6 cm³/mol. The van der Waals surface area contributed by atoms with Gasteiger partial charge in [-0.25, -0.2) is 8.42 Å². The van der Waals surface area contributed by atoms with Crippen molar-refractivity contribution in [2.45, 2.75) is 26.7 Å². The molecule has 0 N–H and O–H groups in total. The summed E-state index contributed by atoms with van der Waals surface area (Å²) in [6, 6.07) is 0. The molecule has 0 bridgehead atoms. The van der Waals surface area contributed by atoms with Gasteiger partial charge in [0.05, 0.1) is 55.7 Å². The van der Waals surface area contributed by atoms with Gasteiger partial charge in [-0.15, -0.1) is 0 Å². The fourth-order valence-corrected chi connectivity index (χ4v) is 4.97. The van der Waals surface area contributed by atoms with Crippen LogP contribution in [0.15, 0.2) is 25.3 Å². The molecule has 0 aromatic rings. The normalized spacial score (nSPS) is 12.9. The standard InChI is InChI=1S/C16H32NO6PS/c1-5-11-17(12-6-2,14-10-16-25(19,20)21)13-9-15-24(18,22-7-3)23-8-4/h5-6H,1-2,7-16H2,3-4H3. The lowest BCUT2D eigenvalue weighted by Crippen LogP contribution is -2.50. The fourth-order valence-electron chi connectivity index (χ4n) is 2.84. The van der Waals surface area contributed by atoms with Crippen LogP contribution in [0.5, 0.6) is 0 Å². The zero-order valence-electron chi connectivity index (χ0n) is 15.4. The second-order valence-corrected chi connectivity index (χ2v) is 9.58. The molecule has 0 saturated carbocycles. The highest BCUT2D eigenvalue weighted by molar-refractivity contribution is 7.85. The van der Waals surface area contributed by atoms with Crippen molar-refractivity contribution in [2.24, 2.45) is 0 Å². The topological polar surface area (TPSA) is 92.7 Å². The molecule has 0 aromatic carbocycles. The first-order valence-electron chi connectivity index (χ1n) is 8.54. The van der Waals surface area contributed by atoms with Crippen LogP contribution in [0.25, 0.3) is 0 Å². The number of hydrogen-bond acceptors (Lipinski definition) is 6. The summed E-state index contributed by atoms with van der Waals surface area (Å²) in [5.41, 5.74) is 0. The van der Waals surface area contributed by atoms with Crippen molar-refractivity contribution in [3.63, 3.8) is 0 Å². The van der Waals surface area contributed by atoms with Gasteiger partial charge in [-0.3, -0.25) is 4.57 Å². The zero-order chi connectivity index (χ0) is 19.4. The Morgan fingerprint density at radius 2 is 1.52 bits per heavy atom. The largest absolute Gasteiger partial charge is 0.748 e. The van der Waals surface area contributed by atoms with Crippen LogP contribution in [0.1, 0.15) is 26.7 Å². The van der Waals surface area contributed by atoms with E-state index in [1.807, 2.05) is 0 Å². The molecule has 0 unspecified atom stereocenters. The van der Waals surface area contributed by atoms with Gasteiger partial charge >= 0.3 is 7.60 Å². The summed E-state index contributed by atoms with van der Waals surface area (Å²) in [4.78, 5) is 0. The summed E-state index contributed by atoms with van der Waals surface area (Å²) in [6.07, 6.45) is 4.67. The quantitative estimate of drug-likeness (QED) is 0.172. The van der Waals surface area contributed by atoms with Crippen LogP contribution in [0, 0.1) is 0 Å². The average Bonchev–Trinajstić information content (AvgIpc) is 2.46.